The number of hydrogen-bond acceptors (Lipinski definition) is 2. The lowest BCUT2D eigenvalue weighted by Gasteiger charge is -2.18. The molecule has 0 unspecified atom stereocenters. The summed E-state index contributed by atoms with van der Waals surface area (Å²) < 4.78 is 5.98. The molecular weight excluding hydrogens is 484 g/mol. The van der Waals surface area contributed by atoms with E-state index < -0.39 is 0 Å². The van der Waals surface area contributed by atoms with E-state index in [2.05, 4.69) is 29.8 Å². The van der Waals surface area contributed by atoms with Crippen molar-refractivity contribution in [3.63, 3.8) is 0 Å². The van der Waals surface area contributed by atoms with Crippen LogP contribution in [0.15, 0.2) is 0 Å². The standard InChI is InChI=1S/C31H61BrO2/c1-3-5-7-9-11-13-15-18-22-26-30(27-23-19-16-14-12-10-8-6-4-2)34-31(33)28-24-20-17-21-25-29-32/h30H,3-29H2,1-2H3. The molecule has 0 atom stereocenters. The molecule has 0 aliphatic rings. The van der Waals surface area contributed by atoms with Gasteiger partial charge in [0.05, 0.1) is 0 Å². The van der Waals surface area contributed by atoms with E-state index in [0.29, 0.717) is 6.42 Å². The van der Waals surface area contributed by atoms with Gasteiger partial charge in [-0.3, -0.25) is 4.79 Å². The largest absolute Gasteiger partial charge is 0.462 e. The van der Waals surface area contributed by atoms with Gasteiger partial charge in [-0.2, -0.15) is 0 Å². The first-order valence-electron chi connectivity index (χ1n) is 15.5. The van der Waals surface area contributed by atoms with Crippen LogP contribution in [-0.2, 0) is 9.53 Å². The third kappa shape index (κ3) is 26.6. The van der Waals surface area contributed by atoms with Crippen molar-refractivity contribution in [1.82, 2.24) is 0 Å². The van der Waals surface area contributed by atoms with Crippen LogP contribution in [-0.4, -0.2) is 17.4 Å². The first kappa shape index (κ1) is 34.0. The molecule has 3 heteroatoms. The molecule has 0 aliphatic carbocycles. The summed E-state index contributed by atoms with van der Waals surface area (Å²) in [6.07, 6.45) is 33.1. The second-order valence-electron chi connectivity index (χ2n) is 10.6. The van der Waals surface area contributed by atoms with Crippen molar-refractivity contribution in [2.75, 3.05) is 5.33 Å². The number of ether oxygens (including phenoxy) is 1. The quantitative estimate of drug-likeness (QED) is 0.0555. The van der Waals surface area contributed by atoms with Crippen LogP contribution in [0, 0.1) is 0 Å². The molecule has 34 heavy (non-hydrogen) atoms. The Morgan fingerprint density at radius 3 is 1.29 bits per heavy atom. The van der Waals surface area contributed by atoms with E-state index in [1.165, 1.54) is 135 Å². The minimum absolute atomic E-state index is 0.0531. The van der Waals surface area contributed by atoms with Crippen molar-refractivity contribution in [2.45, 2.75) is 187 Å². The number of unbranched alkanes of at least 4 members (excludes halogenated alkanes) is 20. The number of carbonyl (C=O) groups is 1. The Morgan fingerprint density at radius 2 is 0.882 bits per heavy atom. The lowest BCUT2D eigenvalue weighted by atomic mass is 10.0. The molecule has 2 nitrogen and oxygen atoms in total. The fourth-order valence-corrected chi connectivity index (χ4v) is 5.16. The van der Waals surface area contributed by atoms with Gasteiger partial charge in [0.1, 0.15) is 6.10 Å². The van der Waals surface area contributed by atoms with Gasteiger partial charge in [-0.05, 0) is 38.5 Å². The molecule has 0 fully saturated rings. The van der Waals surface area contributed by atoms with E-state index in [0.717, 1.165) is 31.0 Å². The Morgan fingerprint density at radius 1 is 0.529 bits per heavy atom. The highest BCUT2D eigenvalue weighted by Crippen LogP contribution is 2.19. The molecule has 0 saturated heterocycles. The van der Waals surface area contributed by atoms with Crippen molar-refractivity contribution in [2.24, 2.45) is 0 Å². The Labute approximate surface area is 223 Å². The summed E-state index contributed by atoms with van der Waals surface area (Å²) >= 11 is 3.49. The summed E-state index contributed by atoms with van der Waals surface area (Å²) in [5, 5.41) is 1.09. The molecule has 0 heterocycles. The molecule has 0 aromatic carbocycles. The van der Waals surface area contributed by atoms with E-state index in [1.54, 1.807) is 0 Å². The first-order valence-corrected chi connectivity index (χ1v) is 16.6. The maximum absolute atomic E-state index is 12.4. The summed E-state index contributed by atoms with van der Waals surface area (Å²) in [6.45, 7) is 4.56. The van der Waals surface area contributed by atoms with Crippen LogP contribution in [0.3, 0.4) is 0 Å². The maximum atomic E-state index is 12.4. The van der Waals surface area contributed by atoms with Crippen LogP contribution < -0.4 is 0 Å². The van der Waals surface area contributed by atoms with Gasteiger partial charge >= 0.3 is 5.97 Å². The van der Waals surface area contributed by atoms with Gasteiger partial charge in [0.2, 0.25) is 0 Å². The number of esters is 1. The van der Waals surface area contributed by atoms with E-state index >= 15 is 0 Å². The zero-order chi connectivity index (χ0) is 25.0. The molecule has 0 N–H and O–H groups in total. The van der Waals surface area contributed by atoms with Gasteiger partial charge in [0, 0.05) is 11.8 Å². The molecule has 204 valence electrons. The van der Waals surface area contributed by atoms with Crippen LogP contribution in [0.4, 0.5) is 0 Å². The summed E-state index contributed by atoms with van der Waals surface area (Å²) in [7, 11) is 0. The zero-order valence-electron chi connectivity index (χ0n) is 23.4. The number of alkyl halides is 1. The molecular formula is C31H61BrO2. The second kappa shape index (κ2) is 29.2. The SMILES string of the molecule is CCCCCCCCCCCC(CCCCCCCCCCC)OC(=O)CCCCCCCBr. The van der Waals surface area contributed by atoms with E-state index in [1.807, 2.05) is 0 Å². The summed E-state index contributed by atoms with van der Waals surface area (Å²) in [4.78, 5) is 12.4. The van der Waals surface area contributed by atoms with E-state index in [4.69, 9.17) is 4.74 Å². The minimum Gasteiger partial charge on any atom is -0.462 e. The third-order valence-corrected chi connectivity index (χ3v) is 7.63. The molecule has 0 amide bonds. The van der Waals surface area contributed by atoms with Gasteiger partial charge in [-0.1, -0.05) is 152 Å². The van der Waals surface area contributed by atoms with Crippen LogP contribution in [0.5, 0.6) is 0 Å². The Bertz CT molecular complexity index is 377. The third-order valence-electron chi connectivity index (χ3n) is 7.07. The molecule has 0 spiro atoms. The van der Waals surface area contributed by atoms with Gasteiger partial charge in [0.15, 0.2) is 0 Å². The highest BCUT2D eigenvalue weighted by atomic mass is 79.9. The van der Waals surface area contributed by atoms with Gasteiger partial charge in [0.25, 0.3) is 0 Å². The van der Waals surface area contributed by atoms with Crippen LogP contribution in [0.1, 0.15) is 181 Å². The monoisotopic (exact) mass is 544 g/mol. The van der Waals surface area contributed by atoms with Gasteiger partial charge in [-0.25, -0.2) is 0 Å². The van der Waals surface area contributed by atoms with E-state index in [9.17, 15) is 4.79 Å². The van der Waals surface area contributed by atoms with Gasteiger partial charge < -0.3 is 4.74 Å². The number of rotatable bonds is 28. The zero-order valence-corrected chi connectivity index (χ0v) is 24.9. The molecule has 0 radical (unpaired) electrons. The molecule has 0 bridgehead atoms. The minimum atomic E-state index is 0.0531. The molecule has 0 aliphatic heterocycles. The van der Waals surface area contributed by atoms with Gasteiger partial charge in [-0.15, -0.1) is 0 Å². The Hall–Kier alpha value is -0.0500. The molecule has 0 saturated carbocycles. The average molecular weight is 546 g/mol. The maximum Gasteiger partial charge on any atom is 0.306 e. The molecule has 0 aromatic heterocycles. The Kier molecular flexibility index (Phi) is 29.1. The highest BCUT2D eigenvalue weighted by Gasteiger charge is 2.14. The number of carbonyl (C=O) groups excluding carboxylic acids is 1. The van der Waals surface area contributed by atoms with Crippen molar-refractivity contribution < 1.29 is 9.53 Å². The summed E-state index contributed by atoms with van der Waals surface area (Å²) in [5.41, 5.74) is 0. The average Bonchev–Trinajstić information content (AvgIpc) is 2.83. The van der Waals surface area contributed by atoms with Crippen molar-refractivity contribution >= 4 is 21.9 Å². The van der Waals surface area contributed by atoms with E-state index in [-0.39, 0.29) is 12.1 Å². The normalized spacial score (nSPS) is 11.4. The lowest BCUT2D eigenvalue weighted by molar-refractivity contribution is -0.150. The number of halogens is 1. The van der Waals surface area contributed by atoms with Crippen LogP contribution in [0.25, 0.3) is 0 Å². The van der Waals surface area contributed by atoms with Crippen LogP contribution >= 0.6 is 15.9 Å². The summed E-state index contributed by atoms with van der Waals surface area (Å²) in [5.74, 6) is 0.0531. The Balaban J connectivity index is 4.02. The smallest absolute Gasteiger partial charge is 0.306 e. The van der Waals surface area contributed by atoms with Crippen molar-refractivity contribution in [3.05, 3.63) is 0 Å². The molecule has 0 aromatic rings. The highest BCUT2D eigenvalue weighted by molar-refractivity contribution is 9.09. The summed E-state index contributed by atoms with van der Waals surface area (Å²) in [6, 6.07) is 0. The second-order valence-corrected chi connectivity index (χ2v) is 11.3. The first-order chi connectivity index (χ1) is 16.7. The topological polar surface area (TPSA) is 26.3 Å². The van der Waals surface area contributed by atoms with Crippen molar-refractivity contribution in [3.8, 4) is 0 Å². The predicted octanol–water partition coefficient (Wildman–Crippen LogP) is 11.5. The number of hydrogen-bond donors (Lipinski definition) is 0. The van der Waals surface area contributed by atoms with Crippen LogP contribution in [0.2, 0.25) is 0 Å². The fraction of sp³-hybridized carbons (Fsp3) is 0.968. The van der Waals surface area contributed by atoms with Crippen molar-refractivity contribution in [1.29, 1.82) is 0 Å². The molecule has 0 rings (SSSR count). The fourth-order valence-electron chi connectivity index (χ4n) is 4.77. The lowest BCUT2D eigenvalue weighted by Crippen LogP contribution is -2.18. The predicted molar refractivity (Wildman–Crippen MR) is 155 cm³/mol.